The van der Waals surface area contributed by atoms with Crippen LogP contribution in [0.5, 0.6) is 5.75 Å². The molecule has 0 N–H and O–H groups in total. The van der Waals surface area contributed by atoms with E-state index in [4.69, 9.17) is 14.2 Å². The average Bonchev–Trinajstić information content (AvgIpc) is 3.29. The van der Waals surface area contributed by atoms with Gasteiger partial charge in [0.15, 0.2) is 5.69 Å². The summed E-state index contributed by atoms with van der Waals surface area (Å²) in [5, 5.41) is 4.61. The Kier molecular flexibility index (Phi) is 6.22. The second kappa shape index (κ2) is 9.40. The molecule has 0 saturated carbocycles. The number of benzene rings is 3. The van der Waals surface area contributed by atoms with Crippen molar-refractivity contribution in [3.8, 4) is 33.8 Å². The van der Waals surface area contributed by atoms with Crippen LogP contribution in [0.4, 0.5) is 0 Å². The summed E-state index contributed by atoms with van der Waals surface area (Å²) in [6.07, 6.45) is 0. The van der Waals surface area contributed by atoms with Crippen molar-refractivity contribution >= 4 is 11.9 Å². The number of para-hydroxylation sites is 1. The third-order valence-corrected chi connectivity index (χ3v) is 5.22. The molecular weight excluding hydrogens is 420 g/mol. The molecule has 0 aliphatic carbocycles. The van der Waals surface area contributed by atoms with Crippen LogP contribution in [-0.2, 0) is 9.47 Å². The number of hydrogen-bond donors (Lipinski definition) is 0. The molecule has 0 unspecified atom stereocenters. The van der Waals surface area contributed by atoms with E-state index in [1.54, 1.807) is 19.2 Å². The van der Waals surface area contributed by atoms with Gasteiger partial charge >= 0.3 is 11.9 Å². The van der Waals surface area contributed by atoms with E-state index in [0.29, 0.717) is 16.9 Å². The predicted octanol–water partition coefficient (Wildman–Crippen LogP) is 4.79. The van der Waals surface area contributed by atoms with Gasteiger partial charge < -0.3 is 14.2 Å². The highest BCUT2D eigenvalue weighted by Crippen LogP contribution is 2.31. The summed E-state index contributed by atoms with van der Waals surface area (Å²) in [5.74, 6) is -0.607. The largest absolute Gasteiger partial charge is 0.497 e. The van der Waals surface area contributed by atoms with Gasteiger partial charge in [-0.15, -0.1) is 0 Å². The Labute approximate surface area is 191 Å². The first-order valence-electron chi connectivity index (χ1n) is 10.2. The first kappa shape index (κ1) is 21.8. The Balaban J connectivity index is 1.87. The molecule has 1 heterocycles. The van der Waals surface area contributed by atoms with Gasteiger partial charge in [-0.05, 0) is 35.4 Å². The highest BCUT2D eigenvalue weighted by atomic mass is 16.5. The minimum atomic E-state index is -0.689. The molecule has 0 aliphatic heterocycles. The van der Waals surface area contributed by atoms with Crippen LogP contribution in [0.2, 0.25) is 0 Å². The number of esters is 2. The number of rotatable bonds is 6. The number of ether oxygens (including phenoxy) is 3. The summed E-state index contributed by atoms with van der Waals surface area (Å²) < 4.78 is 16.7. The fourth-order valence-electron chi connectivity index (χ4n) is 3.58. The lowest BCUT2D eigenvalue weighted by Crippen LogP contribution is -2.15. The van der Waals surface area contributed by atoms with Crippen molar-refractivity contribution in [1.29, 1.82) is 0 Å². The van der Waals surface area contributed by atoms with E-state index in [2.05, 4.69) is 5.10 Å². The number of carbonyl (C=O) groups excluding carboxylic acids is 2. The van der Waals surface area contributed by atoms with Gasteiger partial charge in [0.25, 0.3) is 0 Å². The van der Waals surface area contributed by atoms with Crippen LogP contribution < -0.4 is 4.74 Å². The van der Waals surface area contributed by atoms with Gasteiger partial charge in [0.2, 0.25) is 0 Å². The van der Waals surface area contributed by atoms with Crippen LogP contribution in [0.3, 0.4) is 0 Å². The lowest BCUT2D eigenvalue weighted by atomic mass is 10.0. The van der Waals surface area contributed by atoms with Crippen LogP contribution in [0.15, 0.2) is 78.9 Å². The smallest absolute Gasteiger partial charge is 0.357 e. The summed E-state index contributed by atoms with van der Waals surface area (Å²) in [7, 11) is 4.14. The van der Waals surface area contributed by atoms with E-state index in [1.165, 1.54) is 18.9 Å². The highest BCUT2D eigenvalue weighted by Gasteiger charge is 2.31. The van der Waals surface area contributed by atoms with Crippen LogP contribution in [0, 0.1) is 0 Å². The minimum Gasteiger partial charge on any atom is -0.497 e. The van der Waals surface area contributed by atoms with Crippen LogP contribution >= 0.6 is 0 Å². The van der Waals surface area contributed by atoms with Crippen LogP contribution in [0.1, 0.15) is 20.8 Å². The third-order valence-electron chi connectivity index (χ3n) is 5.22. The van der Waals surface area contributed by atoms with E-state index in [-0.39, 0.29) is 11.3 Å². The fraction of sp³-hybridized carbons (Fsp3) is 0.115. The number of nitrogens with zero attached hydrogens (tertiary/aromatic N) is 2. The van der Waals surface area contributed by atoms with Crippen molar-refractivity contribution in [3.63, 3.8) is 0 Å². The third kappa shape index (κ3) is 4.21. The Morgan fingerprint density at radius 3 is 2.03 bits per heavy atom. The molecule has 0 spiro atoms. The lowest BCUT2D eigenvalue weighted by Gasteiger charge is -2.07. The molecule has 0 saturated heterocycles. The van der Waals surface area contributed by atoms with Gasteiger partial charge in [-0.3, -0.25) is 0 Å². The lowest BCUT2D eigenvalue weighted by molar-refractivity contribution is 0.0549. The Morgan fingerprint density at radius 1 is 0.727 bits per heavy atom. The molecular formula is C26H22N2O5. The van der Waals surface area contributed by atoms with Crippen molar-refractivity contribution in [2.45, 2.75) is 0 Å². The van der Waals surface area contributed by atoms with Gasteiger partial charge in [0.05, 0.1) is 27.0 Å². The monoisotopic (exact) mass is 442 g/mol. The molecule has 4 aromatic rings. The molecule has 0 bridgehead atoms. The molecule has 166 valence electrons. The molecule has 7 heteroatoms. The summed E-state index contributed by atoms with van der Waals surface area (Å²) in [6.45, 7) is 0. The average molecular weight is 442 g/mol. The first-order valence-corrected chi connectivity index (χ1v) is 10.2. The summed E-state index contributed by atoms with van der Waals surface area (Å²) in [5.41, 5.74) is 3.59. The molecule has 1 aromatic heterocycles. The number of hydrogen-bond acceptors (Lipinski definition) is 6. The van der Waals surface area contributed by atoms with E-state index in [0.717, 1.165) is 16.9 Å². The topological polar surface area (TPSA) is 79.7 Å². The van der Waals surface area contributed by atoms with Crippen molar-refractivity contribution < 1.29 is 23.8 Å². The maximum Gasteiger partial charge on any atom is 0.357 e. The van der Waals surface area contributed by atoms with Crippen molar-refractivity contribution in [3.05, 3.63) is 90.1 Å². The van der Waals surface area contributed by atoms with Crippen molar-refractivity contribution in [2.24, 2.45) is 0 Å². The second-order valence-electron chi connectivity index (χ2n) is 7.11. The molecule has 0 aliphatic rings. The maximum absolute atomic E-state index is 12.8. The number of methoxy groups -OCH3 is 3. The number of carbonyl (C=O) groups is 2. The molecule has 7 nitrogen and oxygen atoms in total. The van der Waals surface area contributed by atoms with Gasteiger partial charge in [0.1, 0.15) is 17.0 Å². The quantitative estimate of drug-likeness (QED) is 0.400. The van der Waals surface area contributed by atoms with Crippen LogP contribution in [0.25, 0.3) is 28.1 Å². The molecule has 0 radical (unpaired) electrons. The Hall–Kier alpha value is -4.39. The van der Waals surface area contributed by atoms with Crippen LogP contribution in [-0.4, -0.2) is 43.0 Å². The predicted molar refractivity (Wildman–Crippen MR) is 124 cm³/mol. The number of aromatic nitrogens is 2. The van der Waals surface area contributed by atoms with E-state index in [9.17, 15) is 9.59 Å². The zero-order chi connectivity index (χ0) is 23.4. The zero-order valence-electron chi connectivity index (χ0n) is 18.4. The maximum atomic E-state index is 12.8. The molecule has 0 atom stereocenters. The Morgan fingerprint density at radius 2 is 1.39 bits per heavy atom. The summed E-state index contributed by atoms with van der Waals surface area (Å²) >= 11 is 0. The standard InChI is InChI=1S/C26H22N2O5/c1-31-21-11-7-8-19(16-21)17-12-14-18(15-13-17)23-22(25(29)32-2)24(26(30)33-3)28(27-23)20-9-5-4-6-10-20/h4-16H,1-3H3. The van der Waals surface area contributed by atoms with E-state index >= 15 is 0 Å². The second-order valence-corrected chi connectivity index (χ2v) is 7.11. The first-order chi connectivity index (χ1) is 16.1. The van der Waals surface area contributed by atoms with Gasteiger partial charge in [-0.25, -0.2) is 14.3 Å². The van der Waals surface area contributed by atoms with Gasteiger partial charge in [-0.1, -0.05) is 54.6 Å². The molecule has 0 amide bonds. The fourth-order valence-corrected chi connectivity index (χ4v) is 3.58. The van der Waals surface area contributed by atoms with Crippen molar-refractivity contribution in [1.82, 2.24) is 9.78 Å². The molecule has 33 heavy (non-hydrogen) atoms. The summed E-state index contributed by atoms with van der Waals surface area (Å²) in [4.78, 5) is 25.4. The minimum absolute atomic E-state index is 0.00224. The zero-order valence-corrected chi connectivity index (χ0v) is 18.4. The normalized spacial score (nSPS) is 10.5. The summed E-state index contributed by atoms with van der Waals surface area (Å²) in [6, 6.07) is 24.3. The SMILES string of the molecule is COC(=O)c1c(-c2ccc(-c3cccc(OC)c3)cc2)nn(-c2ccccc2)c1C(=O)OC. The van der Waals surface area contributed by atoms with Gasteiger partial charge in [0, 0.05) is 5.56 Å². The molecule has 0 fully saturated rings. The highest BCUT2D eigenvalue weighted by molar-refractivity contribution is 6.06. The van der Waals surface area contributed by atoms with Crippen molar-refractivity contribution in [2.75, 3.05) is 21.3 Å². The van der Waals surface area contributed by atoms with Gasteiger partial charge in [-0.2, -0.15) is 5.10 Å². The Bertz CT molecular complexity index is 1290. The molecule has 4 rings (SSSR count). The van der Waals surface area contributed by atoms with E-state index in [1.807, 2.05) is 66.7 Å². The molecule has 3 aromatic carbocycles. The van der Waals surface area contributed by atoms with E-state index < -0.39 is 11.9 Å².